The molecular weight excluding hydrogens is 384 g/mol. The minimum Gasteiger partial charge on any atom is -0.369 e. The number of fused-ring (bicyclic) bond motifs is 1. The van der Waals surface area contributed by atoms with Gasteiger partial charge in [0.2, 0.25) is 5.91 Å². The zero-order valence-electron chi connectivity index (χ0n) is 15.9. The fourth-order valence-electron chi connectivity index (χ4n) is 3.75. The summed E-state index contributed by atoms with van der Waals surface area (Å²) in [6, 6.07) is 5.33. The molecule has 0 saturated carbocycles. The summed E-state index contributed by atoms with van der Waals surface area (Å²) in [5.74, 6) is -0.0723. The molecule has 1 amide bonds. The summed E-state index contributed by atoms with van der Waals surface area (Å²) < 4.78 is 31.6. The first-order valence-corrected chi connectivity index (χ1v) is 9.62. The van der Waals surface area contributed by atoms with Crippen LogP contribution in [0, 0.1) is 0 Å². The molecule has 2 aliphatic heterocycles. The molecule has 3 heterocycles. The lowest BCUT2D eigenvalue weighted by Crippen LogP contribution is -2.52. The molecule has 29 heavy (non-hydrogen) atoms. The Balaban J connectivity index is 1.39. The van der Waals surface area contributed by atoms with Crippen molar-refractivity contribution in [3.63, 3.8) is 0 Å². The van der Waals surface area contributed by atoms with E-state index in [4.69, 9.17) is 4.74 Å². The Labute approximate surface area is 166 Å². The molecule has 2 saturated heterocycles. The molecule has 0 bridgehead atoms. The molecule has 1 N–H and O–H groups in total. The lowest BCUT2D eigenvalue weighted by Gasteiger charge is -2.38. The second-order valence-electron chi connectivity index (χ2n) is 7.32. The maximum Gasteiger partial charge on any atom is 0.261 e. The molecule has 0 aliphatic carbocycles. The van der Waals surface area contributed by atoms with Crippen molar-refractivity contribution >= 4 is 22.5 Å². The van der Waals surface area contributed by atoms with Crippen molar-refractivity contribution in [3.05, 3.63) is 34.9 Å². The van der Waals surface area contributed by atoms with Crippen LogP contribution >= 0.6 is 0 Å². The molecule has 10 heteroatoms. The normalized spacial score (nSPS) is 21.0. The number of hydrogen-bond donors (Lipinski definition) is 1. The molecule has 4 rings (SSSR count). The number of morpholine rings is 1. The van der Waals surface area contributed by atoms with E-state index in [1.807, 2.05) is 12.1 Å². The van der Waals surface area contributed by atoms with E-state index in [-0.39, 0.29) is 18.6 Å². The fraction of sp³-hybridized carbons (Fsp3) is 0.526. The first-order valence-electron chi connectivity index (χ1n) is 9.62. The summed E-state index contributed by atoms with van der Waals surface area (Å²) >= 11 is 0. The van der Waals surface area contributed by atoms with E-state index in [0.717, 1.165) is 43.0 Å². The van der Waals surface area contributed by atoms with E-state index < -0.39 is 18.5 Å². The number of carbonyl (C=O) groups excluding carboxylic acids is 1. The van der Waals surface area contributed by atoms with Gasteiger partial charge in [-0.3, -0.25) is 19.1 Å². The largest absolute Gasteiger partial charge is 0.369 e. The van der Waals surface area contributed by atoms with Crippen LogP contribution in [0.15, 0.2) is 29.3 Å². The van der Waals surface area contributed by atoms with Gasteiger partial charge in [0.05, 0.1) is 29.9 Å². The van der Waals surface area contributed by atoms with Crippen LogP contribution in [-0.2, 0) is 16.1 Å². The molecular formula is C19H23F2N5O3. The number of aromatic nitrogens is 2. The monoisotopic (exact) mass is 407 g/mol. The lowest BCUT2D eigenvalue weighted by atomic mass is 10.2. The number of carbonyl (C=O) groups is 1. The number of alkyl halides is 2. The third kappa shape index (κ3) is 4.54. The number of ether oxygens (including phenoxy) is 1. The molecule has 2 aliphatic rings. The lowest BCUT2D eigenvalue weighted by molar-refractivity contribution is -0.133. The highest BCUT2D eigenvalue weighted by Crippen LogP contribution is 2.21. The average Bonchev–Trinajstić information content (AvgIpc) is 2.72. The van der Waals surface area contributed by atoms with Gasteiger partial charge >= 0.3 is 0 Å². The summed E-state index contributed by atoms with van der Waals surface area (Å²) in [6.45, 7) is 4.12. The zero-order valence-corrected chi connectivity index (χ0v) is 15.9. The number of rotatable bonds is 5. The van der Waals surface area contributed by atoms with Gasteiger partial charge in [0.25, 0.3) is 12.0 Å². The number of halogens is 2. The minimum absolute atomic E-state index is 0.0135. The molecule has 2 aromatic rings. The van der Waals surface area contributed by atoms with Gasteiger partial charge in [-0.2, -0.15) is 0 Å². The predicted octanol–water partition coefficient (Wildman–Crippen LogP) is 0.299. The average molecular weight is 407 g/mol. The summed E-state index contributed by atoms with van der Waals surface area (Å²) in [4.78, 5) is 32.2. The Morgan fingerprint density at radius 3 is 2.69 bits per heavy atom. The summed E-state index contributed by atoms with van der Waals surface area (Å²) in [5, 5.41) is 3.16. The molecule has 0 radical (unpaired) electrons. The number of nitrogens with one attached hydrogen (secondary N) is 1. The first kappa shape index (κ1) is 19.7. The molecule has 8 nitrogen and oxygen atoms in total. The third-order valence-electron chi connectivity index (χ3n) is 5.32. The van der Waals surface area contributed by atoms with Crippen LogP contribution < -0.4 is 15.8 Å². The van der Waals surface area contributed by atoms with Gasteiger partial charge in [-0.15, -0.1) is 0 Å². The highest BCUT2D eigenvalue weighted by molar-refractivity contribution is 5.81. The summed E-state index contributed by atoms with van der Waals surface area (Å²) in [5.41, 5.74) is 1.01. The van der Waals surface area contributed by atoms with Crippen molar-refractivity contribution in [3.8, 4) is 0 Å². The second-order valence-corrected chi connectivity index (χ2v) is 7.32. The number of amides is 1. The molecule has 1 aromatic heterocycles. The Bertz CT molecular complexity index is 933. The number of anilines is 1. The number of benzene rings is 1. The van der Waals surface area contributed by atoms with Crippen LogP contribution in [0.25, 0.3) is 10.9 Å². The number of hydrogen-bond acceptors (Lipinski definition) is 6. The van der Waals surface area contributed by atoms with Gasteiger partial charge in [0.1, 0.15) is 6.61 Å². The van der Waals surface area contributed by atoms with Crippen molar-refractivity contribution in [1.29, 1.82) is 0 Å². The van der Waals surface area contributed by atoms with E-state index >= 15 is 0 Å². The van der Waals surface area contributed by atoms with Crippen molar-refractivity contribution in [2.45, 2.75) is 19.1 Å². The molecule has 1 aromatic carbocycles. The highest BCUT2D eigenvalue weighted by atomic mass is 19.3. The Kier molecular flexibility index (Phi) is 5.72. The topological polar surface area (TPSA) is 79.7 Å². The molecule has 0 spiro atoms. The van der Waals surface area contributed by atoms with E-state index in [9.17, 15) is 18.4 Å². The zero-order chi connectivity index (χ0) is 20.4. The van der Waals surface area contributed by atoms with Gasteiger partial charge < -0.3 is 15.0 Å². The smallest absolute Gasteiger partial charge is 0.261 e. The quantitative estimate of drug-likeness (QED) is 0.768. The van der Waals surface area contributed by atoms with Crippen LogP contribution in [0.5, 0.6) is 0 Å². The van der Waals surface area contributed by atoms with Gasteiger partial charge in [-0.25, -0.2) is 13.8 Å². The first-order chi connectivity index (χ1) is 14.0. The van der Waals surface area contributed by atoms with Crippen LogP contribution in [-0.4, -0.2) is 78.8 Å². The van der Waals surface area contributed by atoms with Gasteiger partial charge in [-0.05, 0) is 18.2 Å². The van der Waals surface area contributed by atoms with Crippen molar-refractivity contribution in [2.75, 3.05) is 50.8 Å². The minimum atomic E-state index is -2.60. The SMILES string of the molecule is O=C1COC(CN2CCN(c3ccc4c(=O)n(CC(F)F)cnc4c3)CC2)CN1. The van der Waals surface area contributed by atoms with Crippen molar-refractivity contribution < 1.29 is 18.3 Å². The highest BCUT2D eigenvalue weighted by Gasteiger charge is 2.24. The Morgan fingerprint density at radius 1 is 1.21 bits per heavy atom. The third-order valence-corrected chi connectivity index (χ3v) is 5.32. The van der Waals surface area contributed by atoms with E-state index in [2.05, 4.69) is 20.1 Å². The fourth-order valence-corrected chi connectivity index (χ4v) is 3.75. The van der Waals surface area contributed by atoms with E-state index in [1.165, 1.54) is 6.33 Å². The molecule has 1 atom stereocenters. The van der Waals surface area contributed by atoms with Crippen LogP contribution in [0.1, 0.15) is 0 Å². The summed E-state index contributed by atoms with van der Waals surface area (Å²) in [6.07, 6.45) is -1.40. The van der Waals surface area contributed by atoms with Gasteiger partial charge in [0, 0.05) is 45.0 Å². The number of nitrogens with zero attached hydrogens (tertiary/aromatic N) is 4. The van der Waals surface area contributed by atoms with Crippen LogP contribution in [0.2, 0.25) is 0 Å². The predicted molar refractivity (Wildman–Crippen MR) is 103 cm³/mol. The van der Waals surface area contributed by atoms with Crippen molar-refractivity contribution in [2.24, 2.45) is 0 Å². The van der Waals surface area contributed by atoms with Gasteiger partial charge in [-0.1, -0.05) is 0 Å². The molecule has 2 fully saturated rings. The molecule has 1 unspecified atom stereocenters. The van der Waals surface area contributed by atoms with Crippen LogP contribution in [0.4, 0.5) is 14.5 Å². The molecule has 156 valence electrons. The van der Waals surface area contributed by atoms with Gasteiger partial charge in [0.15, 0.2) is 0 Å². The maximum absolute atomic E-state index is 12.6. The Morgan fingerprint density at radius 2 is 2.00 bits per heavy atom. The standard InChI is InChI=1S/C19H23F2N5O3/c20-17(21)10-26-12-23-16-7-13(1-2-15(16)19(26)28)25-5-3-24(4-6-25)9-14-8-22-18(27)11-29-14/h1-2,7,12,14,17H,3-6,8-11H2,(H,22,27). The van der Waals surface area contributed by atoms with E-state index in [1.54, 1.807) is 6.07 Å². The van der Waals surface area contributed by atoms with Crippen LogP contribution in [0.3, 0.4) is 0 Å². The maximum atomic E-state index is 12.6. The van der Waals surface area contributed by atoms with Crippen molar-refractivity contribution in [1.82, 2.24) is 19.8 Å². The second kappa shape index (κ2) is 8.42. The Hall–Kier alpha value is -2.59. The summed E-state index contributed by atoms with van der Waals surface area (Å²) in [7, 11) is 0. The number of piperazine rings is 1. The van der Waals surface area contributed by atoms with E-state index in [0.29, 0.717) is 17.4 Å².